The van der Waals surface area contributed by atoms with E-state index in [2.05, 4.69) is 53.1 Å². The zero-order valence-electron chi connectivity index (χ0n) is 31.4. The summed E-state index contributed by atoms with van der Waals surface area (Å²) in [5, 5.41) is 5.10. The summed E-state index contributed by atoms with van der Waals surface area (Å²) in [6.07, 6.45) is 0. The SMILES string of the molecule is [2H]c1c([2H])c([2H])c2c([2H])c(-c3c4ccccc4c(-c4cccc5c4c4ccccc4n5-c4ccccc4)c4c3oc3ccccc34)c([2H])c([2H])c2c1[2H]. The zero-order chi connectivity index (χ0) is 36.3. The standard InChI is InChI=1S/C44H27NO/c1-2-15-31(16-3-1)45-37-22-10-8-19-34(37)41-36(21-12-23-38(41)45)42-33-18-7-6-17-32(33)40(30-26-25-28-13-4-5-14-29(28)27-30)44-43(42)35-20-9-11-24-39(35)46-44/h1-27H/i4D,5D,13D,14D,25D,26D,27D. The molecule has 0 spiro atoms. The minimum Gasteiger partial charge on any atom is -0.455 e. The fourth-order valence-electron chi connectivity index (χ4n) is 7.16. The first kappa shape index (κ1) is 19.3. The average molecular weight is 593 g/mol. The fourth-order valence-corrected chi connectivity index (χ4v) is 7.16. The largest absolute Gasteiger partial charge is 0.455 e. The van der Waals surface area contributed by atoms with E-state index >= 15 is 0 Å². The number of nitrogens with zero attached hydrogens (tertiary/aromatic N) is 1. The number of benzene rings is 8. The van der Waals surface area contributed by atoms with Crippen LogP contribution in [0.1, 0.15) is 9.60 Å². The molecule has 0 saturated carbocycles. The Morgan fingerprint density at radius 2 is 1.17 bits per heavy atom. The highest BCUT2D eigenvalue weighted by Gasteiger charge is 2.25. The molecule has 0 aliphatic rings. The Morgan fingerprint density at radius 3 is 2.02 bits per heavy atom. The lowest BCUT2D eigenvalue weighted by Gasteiger charge is -2.16. The lowest BCUT2D eigenvalue weighted by atomic mass is 9.86. The fraction of sp³-hybridized carbons (Fsp3) is 0. The van der Waals surface area contributed by atoms with Gasteiger partial charge in [0.2, 0.25) is 0 Å². The van der Waals surface area contributed by atoms with Crippen LogP contribution < -0.4 is 0 Å². The summed E-state index contributed by atoms with van der Waals surface area (Å²) in [7, 11) is 0. The highest BCUT2D eigenvalue weighted by atomic mass is 16.3. The van der Waals surface area contributed by atoms with Crippen molar-refractivity contribution in [2.24, 2.45) is 0 Å². The van der Waals surface area contributed by atoms with E-state index in [1.165, 1.54) is 0 Å². The van der Waals surface area contributed by atoms with E-state index in [0.717, 1.165) is 54.8 Å². The van der Waals surface area contributed by atoms with Gasteiger partial charge in [0.15, 0.2) is 0 Å². The molecule has 0 radical (unpaired) electrons. The maximum Gasteiger partial charge on any atom is 0.144 e. The smallest absolute Gasteiger partial charge is 0.144 e. The average Bonchev–Trinajstić information content (AvgIpc) is 3.74. The van der Waals surface area contributed by atoms with Crippen molar-refractivity contribution >= 4 is 65.3 Å². The van der Waals surface area contributed by atoms with Crippen molar-refractivity contribution in [2.45, 2.75) is 0 Å². The number of furan rings is 1. The summed E-state index contributed by atoms with van der Waals surface area (Å²) >= 11 is 0. The highest BCUT2D eigenvalue weighted by molar-refractivity contribution is 6.30. The molecule has 0 N–H and O–H groups in total. The van der Waals surface area contributed by atoms with Crippen LogP contribution in [0.3, 0.4) is 0 Å². The minimum absolute atomic E-state index is 0.0817. The molecule has 10 aromatic rings. The third-order valence-corrected chi connectivity index (χ3v) is 9.02. The predicted molar refractivity (Wildman–Crippen MR) is 194 cm³/mol. The Morgan fingerprint density at radius 1 is 0.500 bits per heavy atom. The monoisotopic (exact) mass is 592 g/mol. The maximum absolute atomic E-state index is 9.51. The second-order valence-corrected chi connectivity index (χ2v) is 11.5. The van der Waals surface area contributed by atoms with Gasteiger partial charge in [0.05, 0.1) is 20.6 Å². The number of fused-ring (bicyclic) bond motifs is 8. The second kappa shape index (κ2) is 9.69. The topological polar surface area (TPSA) is 18.1 Å². The number of para-hydroxylation sites is 3. The van der Waals surface area contributed by atoms with Gasteiger partial charge in [-0.3, -0.25) is 0 Å². The van der Waals surface area contributed by atoms with Crippen LogP contribution in [0.4, 0.5) is 0 Å². The summed E-state index contributed by atoms with van der Waals surface area (Å²) in [6, 6.07) is 37.8. The molecule has 214 valence electrons. The molecule has 2 aromatic heterocycles. The normalized spacial score (nSPS) is 14.0. The van der Waals surface area contributed by atoms with Gasteiger partial charge in [-0.25, -0.2) is 0 Å². The van der Waals surface area contributed by atoms with Gasteiger partial charge in [-0.15, -0.1) is 0 Å². The number of hydrogen-bond acceptors (Lipinski definition) is 1. The molecule has 0 unspecified atom stereocenters. The van der Waals surface area contributed by atoms with Gasteiger partial charge in [0.1, 0.15) is 11.2 Å². The third kappa shape index (κ3) is 3.53. The van der Waals surface area contributed by atoms with Crippen molar-refractivity contribution in [1.29, 1.82) is 0 Å². The zero-order valence-corrected chi connectivity index (χ0v) is 24.4. The highest BCUT2D eigenvalue weighted by Crippen LogP contribution is 2.50. The number of rotatable bonds is 3. The van der Waals surface area contributed by atoms with Crippen LogP contribution in [0.25, 0.3) is 93.2 Å². The van der Waals surface area contributed by atoms with Crippen molar-refractivity contribution in [1.82, 2.24) is 4.57 Å². The Kier molecular flexibility index (Phi) is 4.07. The van der Waals surface area contributed by atoms with Gasteiger partial charge in [0.25, 0.3) is 0 Å². The Bertz CT molecular complexity index is 3200. The Balaban J connectivity index is 1.43. The molecule has 8 aromatic carbocycles. The molecule has 2 nitrogen and oxygen atoms in total. The van der Waals surface area contributed by atoms with Crippen LogP contribution in [-0.2, 0) is 0 Å². The van der Waals surface area contributed by atoms with Crippen LogP contribution in [0, 0.1) is 0 Å². The van der Waals surface area contributed by atoms with Crippen LogP contribution in [0.15, 0.2) is 168 Å². The summed E-state index contributed by atoms with van der Waals surface area (Å²) < 4.78 is 70.9. The van der Waals surface area contributed by atoms with E-state index in [0.29, 0.717) is 22.1 Å². The summed E-state index contributed by atoms with van der Waals surface area (Å²) in [5.74, 6) is 0. The van der Waals surface area contributed by atoms with Crippen LogP contribution >= 0.6 is 0 Å². The first-order chi connectivity index (χ1) is 25.8. The van der Waals surface area contributed by atoms with E-state index in [9.17, 15) is 2.74 Å². The molecule has 0 aliphatic heterocycles. The Labute approximate surface area is 275 Å². The predicted octanol–water partition coefficient (Wildman–Crippen LogP) is 12.3. The first-order valence-corrected chi connectivity index (χ1v) is 15.2. The lowest BCUT2D eigenvalue weighted by Crippen LogP contribution is -1.93. The van der Waals surface area contributed by atoms with Gasteiger partial charge in [-0.1, -0.05) is 127 Å². The van der Waals surface area contributed by atoms with Crippen LogP contribution in [0.2, 0.25) is 0 Å². The molecule has 0 bridgehead atoms. The molecule has 0 atom stereocenters. The molecule has 2 heteroatoms. The first-order valence-electron chi connectivity index (χ1n) is 18.7. The molecule has 0 aliphatic carbocycles. The molecule has 0 amide bonds. The summed E-state index contributed by atoms with van der Waals surface area (Å²) in [6.45, 7) is 0. The molecular weight excluding hydrogens is 558 g/mol. The van der Waals surface area contributed by atoms with Crippen molar-refractivity contribution < 1.29 is 14.0 Å². The van der Waals surface area contributed by atoms with Gasteiger partial charge >= 0.3 is 0 Å². The second-order valence-electron chi connectivity index (χ2n) is 11.5. The summed E-state index contributed by atoms with van der Waals surface area (Å²) in [4.78, 5) is 0. The van der Waals surface area contributed by atoms with E-state index in [-0.39, 0.29) is 34.5 Å². The van der Waals surface area contributed by atoms with Gasteiger partial charge in [-0.05, 0) is 69.0 Å². The van der Waals surface area contributed by atoms with Crippen molar-refractivity contribution in [2.75, 3.05) is 0 Å². The molecule has 2 heterocycles. The molecule has 0 saturated heterocycles. The van der Waals surface area contributed by atoms with E-state index in [1.807, 2.05) is 72.8 Å². The van der Waals surface area contributed by atoms with Crippen LogP contribution in [-0.4, -0.2) is 4.57 Å². The molecule has 46 heavy (non-hydrogen) atoms. The number of hydrogen-bond donors (Lipinski definition) is 0. The van der Waals surface area contributed by atoms with Gasteiger partial charge in [0, 0.05) is 38.4 Å². The molecular formula is C44H27NO. The lowest BCUT2D eigenvalue weighted by molar-refractivity contribution is 0.670. The van der Waals surface area contributed by atoms with E-state index < -0.39 is 24.2 Å². The molecule has 10 rings (SSSR count). The van der Waals surface area contributed by atoms with Gasteiger partial charge < -0.3 is 8.98 Å². The minimum atomic E-state index is -0.500. The Hall–Kier alpha value is -6.12. The van der Waals surface area contributed by atoms with E-state index in [1.54, 1.807) is 0 Å². The van der Waals surface area contributed by atoms with Crippen molar-refractivity contribution in [3.63, 3.8) is 0 Å². The maximum atomic E-state index is 9.51. The van der Waals surface area contributed by atoms with Gasteiger partial charge in [-0.2, -0.15) is 0 Å². The van der Waals surface area contributed by atoms with Crippen molar-refractivity contribution in [3.05, 3.63) is 164 Å². The third-order valence-electron chi connectivity index (χ3n) is 9.02. The number of aromatic nitrogens is 1. The molecule has 0 fully saturated rings. The van der Waals surface area contributed by atoms with E-state index in [4.69, 9.17) is 11.3 Å². The summed E-state index contributed by atoms with van der Waals surface area (Å²) in [5.41, 5.74) is 6.63. The van der Waals surface area contributed by atoms with Crippen LogP contribution in [0.5, 0.6) is 0 Å². The quantitative estimate of drug-likeness (QED) is 0.200. The van der Waals surface area contributed by atoms with Crippen molar-refractivity contribution in [3.8, 4) is 27.9 Å².